The number of hydrogen-bond acceptors (Lipinski definition) is 5. The van der Waals surface area contributed by atoms with E-state index in [0.29, 0.717) is 12.8 Å². The molecule has 1 N–H and O–H groups in total. The Labute approximate surface area is 194 Å². The van der Waals surface area contributed by atoms with Crippen LogP contribution >= 0.6 is 23.2 Å². The van der Waals surface area contributed by atoms with Crippen molar-refractivity contribution in [3.05, 3.63) is 45.2 Å². The molecule has 2 aromatic rings. The molecule has 0 aliphatic heterocycles. The average molecular weight is 515 g/mol. The van der Waals surface area contributed by atoms with E-state index in [-0.39, 0.29) is 33.3 Å². The van der Waals surface area contributed by atoms with Crippen molar-refractivity contribution in [2.24, 2.45) is 12.2 Å². The lowest BCUT2D eigenvalue weighted by molar-refractivity contribution is -0.274. The third-order valence-electron chi connectivity index (χ3n) is 4.86. The van der Waals surface area contributed by atoms with Crippen molar-refractivity contribution in [2.45, 2.75) is 37.6 Å². The Kier molecular flexibility index (Phi) is 7.08. The summed E-state index contributed by atoms with van der Waals surface area (Å²) in [6.07, 6.45) is -5.97. The smallest absolute Gasteiger partial charge is 0.406 e. The molecule has 33 heavy (non-hydrogen) atoms. The Balaban J connectivity index is 1.85. The fourth-order valence-corrected chi connectivity index (χ4v) is 3.85. The Hall–Kier alpha value is -2.60. The highest BCUT2D eigenvalue weighted by Crippen LogP contribution is 2.41. The summed E-state index contributed by atoms with van der Waals surface area (Å²) < 4.78 is 68.9. The maximum atomic E-state index is 13.2. The lowest BCUT2D eigenvalue weighted by atomic mass is 10.00. The zero-order chi connectivity index (χ0) is 24.6. The molecule has 1 aromatic carbocycles. The number of oxime groups is 1. The third kappa shape index (κ3) is 5.85. The number of ether oxygens (including phenoxy) is 1. The van der Waals surface area contributed by atoms with Crippen LogP contribution in [0.4, 0.5) is 22.0 Å². The van der Waals surface area contributed by atoms with Crippen molar-refractivity contribution in [3.63, 3.8) is 0 Å². The minimum Gasteiger partial charge on any atom is -0.406 e. The third-order valence-corrected chi connectivity index (χ3v) is 5.53. The summed E-state index contributed by atoms with van der Waals surface area (Å²) >= 11 is 12.3. The van der Waals surface area contributed by atoms with E-state index in [1.54, 1.807) is 0 Å². The molecule has 0 spiro atoms. The van der Waals surface area contributed by atoms with Gasteiger partial charge in [-0.15, -0.1) is 13.2 Å². The molecule has 0 radical (unpaired) electrons. The summed E-state index contributed by atoms with van der Waals surface area (Å²) in [6.45, 7) is 0. The van der Waals surface area contributed by atoms with Crippen molar-refractivity contribution in [2.75, 3.05) is 7.11 Å². The first-order chi connectivity index (χ1) is 15.3. The molecule has 1 aliphatic carbocycles. The highest BCUT2D eigenvalue weighted by atomic mass is 35.5. The number of carbonyl (C=O) groups is 1. The topological polar surface area (TPSA) is 77.7 Å². The molecule has 3 rings (SSSR count). The second kappa shape index (κ2) is 9.34. The van der Waals surface area contributed by atoms with Gasteiger partial charge in [-0.25, -0.2) is 8.78 Å². The van der Waals surface area contributed by atoms with Crippen molar-refractivity contribution < 1.29 is 36.3 Å². The summed E-state index contributed by atoms with van der Waals surface area (Å²) in [5, 5.41) is 9.98. The van der Waals surface area contributed by atoms with Crippen LogP contribution in [0.3, 0.4) is 0 Å². The Morgan fingerprint density at radius 3 is 2.39 bits per heavy atom. The number of nitrogens with one attached hydrogen (secondary N) is 1. The summed E-state index contributed by atoms with van der Waals surface area (Å²) in [4.78, 5) is 17.6. The quantitative estimate of drug-likeness (QED) is 0.303. The largest absolute Gasteiger partial charge is 0.573 e. The molecule has 0 saturated heterocycles. The number of benzene rings is 1. The maximum absolute atomic E-state index is 13.2. The van der Waals surface area contributed by atoms with Crippen LogP contribution < -0.4 is 10.1 Å². The molecule has 1 aliphatic rings. The average Bonchev–Trinajstić information content (AvgIpc) is 3.34. The van der Waals surface area contributed by atoms with Crippen LogP contribution in [-0.4, -0.2) is 40.4 Å². The molecular weight excluding hydrogens is 498 g/mol. The van der Waals surface area contributed by atoms with Gasteiger partial charge in [-0.1, -0.05) is 28.4 Å². The Morgan fingerprint density at radius 2 is 1.91 bits per heavy atom. The molecule has 1 fully saturated rings. The lowest BCUT2D eigenvalue weighted by Crippen LogP contribution is -2.44. The van der Waals surface area contributed by atoms with Gasteiger partial charge in [-0.05, 0) is 30.5 Å². The second-order valence-electron chi connectivity index (χ2n) is 7.25. The zero-order valence-corrected chi connectivity index (χ0v) is 18.7. The van der Waals surface area contributed by atoms with E-state index in [1.807, 2.05) is 0 Å². The van der Waals surface area contributed by atoms with Crippen LogP contribution in [-0.2, 0) is 18.3 Å². The van der Waals surface area contributed by atoms with E-state index in [0.717, 1.165) is 16.8 Å². The number of rotatable bonds is 8. The molecule has 0 bridgehead atoms. The number of carbonyl (C=O) groups excluding carboxylic acids is 1. The molecule has 1 aromatic heterocycles. The normalized spacial score (nSPS) is 15.5. The van der Waals surface area contributed by atoms with Crippen LogP contribution in [0.1, 0.15) is 40.9 Å². The van der Waals surface area contributed by atoms with Gasteiger partial charge in [0.1, 0.15) is 18.6 Å². The summed E-state index contributed by atoms with van der Waals surface area (Å²) in [5.74, 6) is -1.39. The molecule has 1 amide bonds. The van der Waals surface area contributed by atoms with E-state index in [9.17, 15) is 26.7 Å². The van der Waals surface area contributed by atoms with Crippen molar-refractivity contribution >= 4 is 34.8 Å². The fraction of sp³-hybridized carbons (Fsp3) is 0.421. The molecule has 14 heteroatoms. The van der Waals surface area contributed by atoms with Gasteiger partial charge in [0, 0.05) is 29.7 Å². The predicted molar refractivity (Wildman–Crippen MR) is 109 cm³/mol. The number of alkyl halides is 5. The molecule has 7 nitrogen and oxygen atoms in total. The minimum atomic E-state index is -4.93. The van der Waals surface area contributed by atoms with Crippen LogP contribution in [0.2, 0.25) is 10.0 Å². The molecule has 0 atom stereocenters. The van der Waals surface area contributed by atoms with Crippen LogP contribution in [0.25, 0.3) is 0 Å². The summed E-state index contributed by atoms with van der Waals surface area (Å²) in [6, 6.07) is 1.90. The van der Waals surface area contributed by atoms with Gasteiger partial charge in [-0.3, -0.25) is 9.48 Å². The second-order valence-corrected chi connectivity index (χ2v) is 8.06. The first-order valence-electron chi connectivity index (χ1n) is 9.33. The standard InChI is InChI=1S/C19H17Cl2F5N4O3/c1-30-8-11(15(28-30)16(22)23)17(31)27-18(3-4-18)14(29-32-2)7-10-12(20)5-9(6-13(10)21)33-19(24,25)26/h5-6,8,16H,3-4,7H2,1-2H3,(H,27,31)/b29-14-. The van der Waals surface area contributed by atoms with Crippen molar-refractivity contribution in [3.8, 4) is 5.75 Å². The van der Waals surface area contributed by atoms with Gasteiger partial charge in [0.2, 0.25) is 0 Å². The van der Waals surface area contributed by atoms with E-state index >= 15 is 0 Å². The highest BCUT2D eigenvalue weighted by molar-refractivity contribution is 6.36. The van der Waals surface area contributed by atoms with Crippen molar-refractivity contribution in [1.29, 1.82) is 0 Å². The minimum absolute atomic E-state index is 0.0904. The number of nitrogens with zero attached hydrogens (tertiary/aromatic N) is 3. The molecular formula is C19H17Cl2F5N4O3. The van der Waals surface area contributed by atoms with Crippen LogP contribution in [0.5, 0.6) is 5.75 Å². The maximum Gasteiger partial charge on any atom is 0.573 e. The SMILES string of the molecule is CO/N=C(/Cc1c(Cl)cc(OC(F)(F)F)cc1Cl)C1(NC(=O)c2cn(C)nc2C(F)F)CC1. The number of hydrogen-bond donors (Lipinski definition) is 1. The van der Waals surface area contributed by atoms with Gasteiger partial charge in [0.15, 0.2) is 0 Å². The zero-order valence-electron chi connectivity index (χ0n) is 17.1. The highest BCUT2D eigenvalue weighted by Gasteiger charge is 2.50. The van der Waals surface area contributed by atoms with Gasteiger partial charge < -0.3 is 14.9 Å². The molecule has 1 saturated carbocycles. The predicted octanol–water partition coefficient (Wildman–Crippen LogP) is 5.07. The van der Waals surface area contributed by atoms with Gasteiger partial charge in [0.25, 0.3) is 12.3 Å². The van der Waals surface area contributed by atoms with Crippen LogP contribution in [0.15, 0.2) is 23.5 Å². The number of aromatic nitrogens is 2. The Morgan fingerprint density at radius 1 is 1.30 bits per heavy atom. The van der Waals surface area contributed by atoms with Gasteiger partial charge in [0.05, 0.1) is 16.8 Å². The first-order valence-corrected chi connectivity index (χ1v) is 10.1. The molecule has 0 unspecified atom stereocenters. The number of amides is 1. The number of halogens is 7. The monoisotopic (exact) mass is 514 g/mol. The van der Waals surface area contributed by atoms with Crippen molar-refractivity contribution in [1.82, 2.24) is 15.1 Å². The fourth-order valence-electron chi connectivity index (χ4n) is 3.24. The summed E-state index contributed by atoms with van der Waals surface area (Å²) in [5.41, 5.74) is -1.51. The Bertz CT molecular complexity index is 1060. The van der Waals surface area contributed by atoms with E-state index in [2.05, 4.69) is 20.3 Å². The van der Waals surface area contributed by atoms with E-state index in [1.165, 1.54) is 20.4 Å². The van der Waals surface area contributed by atoms with Gasteiger partial charge in [-0.2, -0.15) is 5.10 Å². The number of aryl methyl sites for hydroxylation is 1. The van der Waals surface area contributed by atoms with Gasteiger partial charge >= 0.3 is 6.36 Å². The van der Waals surface area contributed by atoms with E-state index in [4.69, 9.17) is 28.0 Å². The molecule has 1 heterocycles. The molecule has 180 valence electrons. The van der Waals surface area contributed by atoms with E-state index < -0.39 is 35.7 Å². The van der Waals surface area contributed by atoms with Crippen LogP contribution in [0, 0.1) is 0 Å². The lowest BCUT2D eigenvalue weighted by Gasteiger charge is -2.21. The summed E-state index contributed by atoms with van der Waals surface area (Å²) in [7, 11) is 2.67. The first kappa shape index (κ1) is 25.0.